The van der Waals surface area contributed by atoms with E-state index in [0.717, 1.165) is 43.4 Å². The smallest absolute Gasteiger partial charge is 0.335 e. The number of benzene rings is 2. The predicted molar refractivity (Wildman–Crippen MR) is 121 cm³/mol. The van der Waals surface area contributed by atoms with Crippen LogP contribution in [0.3, 0.4) is 0 Å². The highest BCUT2D eigenvalue weighted by atomic mass is 19.4. The molecule has 2 N–H and O–H groups in total. The van der Waals surface area contributed by atoms with Gasteiger partial charge in [0.15, 0.2) is 0 Å². The molecule has 2 amide bonds. The van der Waals surface area contributed by atoms with Crippen LogP contribution in [0.1, 0.15) is 48.1 Å². The fourth-order valence-electron chi connectivity index (χ4n) is 4.48. The number of carbonyl (C=O) groups excluding carboxylic acids is 1. The molecule has 4 nitrogen and oxygen atoms in total. The van der Waals surface area contributed by atoms with Gasteiger partial charge in [-0.15, -0.1) is 0 Å². The van der Waals surface area contributed by atoms with Gasteiger partial charge in [0.2, 0.25) is 0 Å². The maximum absolute atomic E-state index is 13.6. The van der Waals surface area contributed by atoms with E-state index >= 15 is 0 Å². The number of hydrogen-bond donors (Lipinski definition) is 2. The molecule has 7 heteroatoms. The number of aromatic nitrogens is 1. The summed E-state index contributed by atoms with van der Waals surface area (Å²) in [5.41, 5.74) is -0.420. The third-order valence-corrected chi connectivity index (χ3v) is 6.11. The van der Waals surface area contributed by atoms with Crippen LogP contribution in [-0.2, 0) is 18.1 Å². The number of alkyl halides is 3. The average molecular weight is 454 g/mol. The molecule has 4 rings (SSSR count). The minimum Gasteiger partial charge on any atom is -0.335 e. The van der Waals surface area contributed by atoms with Crippen LogP contribution < -0.4 is 10.6 Å². The zero-order valence-corrected chi connectivity index (χ0v) is 18.1. The molecule has 172 valence electrons. The number of carbonyl (C=O) groups is 1. The standard InChI is InChI=1S/C26H26F3N3O/c27-26(28,29)21-12-8-11-20(17-21)25(23-15-6-7-16-30-23,18-19-9-2-1-3-10-19)32-24(33)31-22-13-4-5-14-22/h1-3,6-12,15-17,22H,4-5,13-14,18H2,(H2,31,32,33). The quantitative estimate of drug-likeness (QED) is 0.494. The van der Waals surface area contributed by atoms with Crippen LogP contribution in [0, 0.1) is 0 Å². The van der Waals surface area contributed by atoms with Crippen molar-refractivity contribution in [2.24, 2.45) is 0 Å². The van der Waals surface area contributed by atoms with Crippen LogP contribution in [0.4, 0.5) is 18.0 Å². The lowest BCUT2D eigenvalue weighted by Gasteiger charge is -2.36. The Morgan fingerprint density at radius 3 is 2.27 bits per heavy atom. The number of hydrogen-bond acceptors (Lipinski definition) is 2. The van der Waals surface area contributed by atoms with E-state index in [0.29, 0.717) is 11.3 Å². The third-order valence-electron chi connectivity index (χ3n) is 6.11. The fraction of sp³-hybridized carbons (Fsp3) is 0.308. The number of pyridine rings is 1. The summed E-state index contributed by atoms with van der Waals surface area (Å²) in [6.45, 7) is 0. The monoisotopic (exact) mass is 453 g/mol. The van der Waals surface area contributed by atoms with E-state index in [-0.39, 0.29) is 12.5 Å². The van der Waals surface area contributed by atoms with E-state index in [9.17, 15) is 18.0 Å². The maximum Gasteiger partial charge on any atom is 0.416 e. The van der Waals surface area contributed by atoms with Gasteiger partial charge in [-0.25, -0.2) is 4.79 Å². The fourth-order valence-corrected chi connectivity index (χ4v) is 4.48. The molecule has 0 aliphatic heterocycles. The molecule has 1 aliphatic rings. The molecule has 0 bridgehead atoms. The molecule has 1 aromatic heterocycles. The van der Waals surface area contributed by atoms with Gasteiger partial charge in [-0.3, -0.25) is 4.98 Å². The van der Waals surface area contributed by atoms with Gasteiger partial charge < -0.3 is 10.6 Å². The van der Waals surface area contributed by atoms with Crippen molar-refractivity contribution in [3.63, 3.8) is 0 Å². The van der Waals surface area contributed by atoms with Crippen molar-refractivity contribution in [3.05, 3.63) is 101 Å². The second-order valence-corrected chi connectivity index (χ2v) is 8.44. The Labute approximate surface area is 191 Å². The van der Waals surface area contributed by atoms with Gasteiger partial charge in [0.05, 0.1) is 11.3 Å². The number of amides is 2. The zero-order valence-electron chi connectivity index (χ0n) is 18.1. The van der Waals surface area contributed by atoms with E-state index in [2.05, 4.69) is 15.6 Å². The second-order valence-electron chi connectivity index (χ2n) is 8.44. The van der Waals surface area contributed by atoms with Crippen molar-refractivity contribution < 1.29 is 18.0 Å². The molecule has 1 atom stereocenters. The summed E-state index contributed by atoms with van der Waals surface area (Å²) in [4.78, 5) is 17.6. The van der Waals surface area contributed by atoms with Gasteiger partial charge in [-0.05, 0) is 48.2 Å². The topological polar surface area (TPSA) is 54.0 Å². The average Bonchev–Trinajstić information content (AvgIpc) is 3.32. The minimum absolute atomic E-state index is 0.0599. The van der Waals surface area contributed by atoms with Crippen molar-refractivity contribution in [2.45, 2.75) is 49.9 Å². The Bertz CT molecular complexity index is 1070. The largest absolute Gasteiger partial charge is 0.416 e. The molecular formula is C26H26F3N3O. The Hall–Kier alpha value is -3.35. The molecule has 2 aromatic carbocycles. The molecule has 33 heavy (non-hydrogen) atoms. The molecule has 1 heterocycles. The highest BCUT2D eigenvalue weighted by Crippen LogP contribution is 2.36. The highest BCUT2D eigenvalue weighted by molar-refractivity contribution is 5.76. The van der Waals surface area contributed by atoms with Crippen LogP contribution in [0.2, 0.25) is 0 Å². The summed E-state index contributed by atoms with van der Waals surface area (Å²) in [7, 11) is 0. The summed E-state index contributed by atoms with van der Waals surface area (Å²) in [5.74, 6) is 0. The first kappa shape index (κ1) is 22.8. The van der Waals surface area contributed by atoms with Crippen molar-refractivity contribution in [1.29, 1.82) is 0 Å². The second kappa shape index (κ2) is 9.65. The maximum atomic E-state index is 13.6. The van der Waals surface area contributed by atoms with Crippen molar-refractivity contribution in [1.82, 2.24) is 15.6 Å². The minimum atomic E-state index is -4.51. The number of nitrogens with zero attached hydrogens (tertiary/aromatic N) is 1. The summed E-state index contributed by atoms with van der Waals surface area (Å²) in [6, 6.07) is 19.4. The first-order valence-corrected chi connectivity index (χ1v) is 11.1. The molecule has 0 spiro atoms. The normalized spacial score (nSPS) is 16.2. The number of urea groups is 1. The first-order chi connectivity index (χ1) is 15.9. The molecule has 0 radical (unpaired) electrons. The van der Waals surface area contributed by atoms with Gasteiger partial charge in [0.25, 0.3) is 0 Å². The van der Waals surface area contributed by atoms with Crippen molar-refractivity contribution in [3.8, 4) is 0 Å². The lowest BCUT2D eigenvalue weighted by atomic mass is 9.80. The third kappa shape index (κ3) is 5.35. The molecular weight excluding hydrogens is 427 g/mol. The Morgan fingerprint density at radius 1 is 0.909 bits per heavy atom. The summed E-state index contributed by atoms with van der Waals surface area (Å²) in [5, 5.41) is 6.04. The first-order valence-electron chi connectivity index (χ1n) is 11.1. The van der Waals surface area contributed by atoms with Crippen LogP contribution in [0.5, 0.6) is 0 Å². The van der Waals surface area contributed by atoms with Gasteiger partial charge in [-0.1, -0.05) is 61.4 Å². The SMILES string of the molecule is O=C(NC1CCCC1)NC(Cc1ccccc1)(c1cccc(C(F)(F)F)c1)c1ccccn1. The molecule has 1 aliphatic carbocycles. The Balaban J connectivity index is 1.83. The van der Waals surface area contributed by atoms with Gasteiger partial charge >= 0.3 is 12.2 Å². The summed E-state index contributed by atoms with van der Waals surface area (Å²) < 4.78 is 40.8. The van der Waals surface area contributed by atoms with E-state index < -0.39 is 23.3 Å². The van der Waals surface area contributed by atoms with Crippen LogP contribution >= 0.6 is 0 Å². The molecule has 0 saturated heterocycles. The van der Waals surface area contributed by atoms with E-state index in [4.69, 9.17) is 0 Å². The van der Waals surface area contributed by atoms with E-state index in [1.807, 2.05) is 30.3 Å². The lowest BCUT2D eigenvalue weighted by molar-refractivity contribution is -0.137. The van der Waals surface area contributed by atoms with Crippen LogP contribution in [0.25, 0.3) is 0 Å². The van der Waals surface area contributed by atoms with Gasteiger partial charge in [0, 0.05) is 18.7 Å². The lowest BCUT2D eigenvalue weighted by Crippen LogP contribution is -2.54. The van der Waals surface area contributed by atoms with Crippen LogP contribution in [-0.4, -0.2) is 17.1 Å². The number of rotatable bonds is 6. The molecule has 1 fully saturated rings. The summed E-state index contributed by atoms with van der Waals surface area (Å²) >= 11 is 0. The van der Waals surface area contributed by atoms with Gasteiger partial charge in [0.1, 0.15) is 5.54 Å². The van der Waals surface area contributed by atoms with Crippen molar-refractivity contribution >= 4 is 6.03 Å². The highest BCUT2D eigenvalue weighted by Gasteiger charge is 2.40. The molecule has 3 aromatic rings. The van der Waals surface area contributed by atoms with Crippen molar-refractivity contribution in [2.75, 3.05) is 0 Å². The Morgan fingerprint density at radius 2 is 1.61 bits per heavy atom. The zero-order chi connectivity index (χ0) is 23.3. The molecule has 1 unspecified atom stereocenters. The van der Waals surface area contributed by atoms with Crippen LogP contribution in [0.15, 0.2) is 79.0 Å². The molecule has 1 saturated carbocycles. The van der Waals surface area contributed by atoms with Gasteiger partial charge in [-0.2, -0.15) is 13.2 Å². The Kier molecular flexibility index (Phi) is 6.67. The number of halogens is 3. The van der Waals surface area contributed by atoms with E-state index in [1.165, 1.54) is 6.07 Å². The van der Waals surface area contributed by atoms with E-state index in [1.54, 1.807) is 30.5 Å². The summed E-state index contributed by atoms with van der Waals surface area (Å²) in [6.07, 6.45) is 1.20. The predicted octanol–water partition coefficient (Wildman–Crippen LogP) is 5.83. The number of nitrogens with one attached hydrogen (secondary N) is 2.